The Hall–Kier alpha value is -2.64. The third-order valence-corrected chi connectivity index (χ3v) is 6.57. The van der Waals surface area contributed by atoms with Gasteiger partial charge in [-0.3, -0.25) is 10.1 Å². The van der Waals surface area contributed by atoms with Crippen molar-refractivity contribution in [2.75, 3.05) is 7.11 Å². The van der Waals surface area contributed by atoms with Crippen LogP contribution in [0.2, 0.25) is 0 Å². The summed E-state index contributed by atoms with van der Waals surface area (Å²) in [5, 5.41) is 5.74. The summed E-state index contributed by atoms with van der Waals surface area (Å²) in [6.07, 6.45) is 2.44. The normalized spacial score (nSPS) is 13.6. The van der Waals surface area contributed by atoms with Crippen LogP contribution in [0.25, 0.3) is 11.1 Å². The fourth-order valence-electron chi connectivity index (χ4n) is 3.71. The number of nitrogens with two attached hydrogens (primary N) is 1. The fourth-order valence-corrected chi connectivity index (χ4v) is 4.08. The third-order valence-electron chi connectivity index (χ3n) is 5.31. The minimum atomic E-state index is -1.58. The maximum absolute atomic E-state index is 13.8. The van der Waals surface area contributed by atoms with Crippen LogP contribution < -0.4 is 9.88 Å². The lowest BCUT2D eigenvalue weighted by Crippen LogP contribution is -2.34. The number of benzene rings is 2. The molecule has 3 rings (SSSR count). The Morgan fingerprint density at radius 1 is 1.10 bits per heavy atom. The average Bonchev–Trinajstić information content (AvgIpc) is 2.72. The molecular weight excluding hydrogens is 418 g/mol. The number of halogens is 2. The van der Waals surface area contributed by atoms with Gasteiger partial charge in [0.15, 0.2) is 0 Å². The van der Waals surface area contributed by atoms with Crippen LogP contribution >= 0.6 is 0 Å². The molecule has 0 aliphatic rings. The van der Waals surface area contributed by atoms with E-state index >= 15 is 0 Å². The molecule has 2 N–H and O–H groups in total. The molecule has 164 valence electrons. The van der Waals surface area contributed by atoms with E-state index in [1.807, 2.05) is 50.2 Å². The van der Waals surface area contributed by atoms with Gasteiger partial charge in [0.05, 0.1) is 28.5 Å². The number of methoxy groups -OCH3 is 1. The van der Waals surface area contributed by atoms with Gasteiger partial charge in [-0.1, -0.05) is 18.2 Å². The van der Waals surface area contributed by atoms with E-state index in [4.69, 9.17) is 9.88 Å². The van der Waals surface area contributed by atoms with E-state index < -0.39 is 27.4 Å². The van der Waals surface area contributed by atoms with Crippen LogP contribution in [0.4, 0.5) is 8.78 Å². The van der Waals surface area contributed by atoms with Crippen molar-refractivity contribution in [1.29, 1.82) is 0 Å². The van der Waals surface area contributed by atoms with Crippen molar-refractivity contribution in [2.24, 2.45) is 5.14 Å². The van der Waals surface area contributed by atoms with Crippen molar-refractivity contribution < 1.29 is 17.7 Å². The number of aromatic nitrogens is 1. The maximum Gasteiger partial charge on any atom is 0.126 e. The summed E-state index contributed by atoms with van der Waals surface area (Å²) in [6, 6.07) is 14.9. The van der Waals surface area contributed by atoms with Gasteiger partial charge in [0, 0.05) is 23.7 Å². The van der Waals surface area contributed by atoms with E-state index in [1.54, 1.807) is 13.3 Å². The second kappa shape index (κ2) is 9.66. The molecule has 0 aliphatic heterocycles. The molecule has 1 aromatic heterocycles. The smallest absolute Gasteiger partial charge is 0.126 e. The fraction of sp³-hybridized carbons (Fsp3) is 0.292. The minimum Gasteiger partial charge on any atom is -0.497 e. The van der Waals surface area contributed by atoms with Crippen molar-refractivity contribution in [3.05, 3.63) is 83.7 Å². The van der Waals surface area contributed by atoms with Crippen molar-refractivity contribution in [2.45, 2.75) is 37.4 Å². The lowest BCUT2D eigenvalue weighted by molar-refractivity contribution is 0.415. The monoisotopic (exact) mass is 444 g/mol. The Bertz CT molecular complexity index is 1050. The summed E-state index contributed by atoms with van der Waals surface area (Å²) in [6.45, 7) is 3.64. The number of pyridine rings is 1. The minimum absolute atomic E-state index is 0.262. The second-order valence-corrected chi connectivity index (χ2v) is 9.80. The molecule has 0 saturated heterocycles. The molecule has 2 aromatic carbocycles. The molecule has 0 radical (unpaired) electrons. The number of nitrogens with zero attached hydrogens (tertiary/aromatic N) is 1. The summed E-state index contributed by atoms with van der Waals surface area (Å²) < 4.78 is 44.3. The van der Waals surface area contributed by atoms with E-state index in [-0.39, 0.29) is 5.92 Å². The Kier molecular flexibility index (Phi) is 7.18. The zero-order valence-electron chi connectivity index (χ0n) is 17.8. The van der Waals surface area contributed by atoms with Crippen LogP contribution in [0.5, 0.6) is 5.75 Å². The largest absolute Gasteiger partial charge is 0.497 e. The molecule has 0 fully saturated rings. The maximum atomic E-state index is 13.8. The zero-order chi connectivity index (χ0) is 22.6. The highest BCUT2D eigenvalue weighted by molar-refractivity contribution is 7.84. The van der Waals surface area contributed by atoms with Gasteiger partial charge in [-0.15, -0.1) is 0 Å². The Labute approximate surface area is 184 Å². The van der Waals surface area contributed by atoms with Crippen LogP contribution in [-0.2, 0) is 17.4 Å². The van der Waals surface area contributed by atoms with E-state index in [0.29, 0.717) is 18.4 Å². The zero-order valence-corrected chi connectivity index (χ0v) is 18.6. The van der Waals surface area contributed by atoms with Gasteiger partial charge in [0.1, 0.15) is 17.4 Å². The SMILES string of the molecule is COc1ccc(-c2cccnc2[C@@H](Cc2cc(F)cc(F)c2)CC(C)(C)S(N)=O)cc1. The van der Waals surface area contributed by atoms with Crippen LogP contribution in [0.3, 0.4) is 0 Å². The van der Waals surface area contributed by atoms with Gasteiger partial charge >= 0.3 is 0 Å². The lowest BCUT2D eigenvalue weighted by Gasteiger charge is -2.28. The van der Waals surface area contributed by atoms with E-state index in [2.05, 4.69) is 4.98 Å². The van der Waals surface area contributed by atoms with Crippen molar-refractivity contribution in [3.8, 4) is 16.9 Å². The van der Waals surface area contributed by atoms with Crippen LogP contribution in [0.15, 0.2) is 60.8 Å². The summed E-state index contributed by atoms with van der Waals surface area (Å²) >= 11 is 0. The molecule has 0 amide bonds. The van der Waals surface area contributed by atoms with Gasteiger partial charge in [-0.2, -0.15) is 0 Å². The van der Waals surface area contributed by atoms with Crippen molar-refractivity contribution >= 4 is 11.0 Å². The first kappa shape index (κ1) is 23.0. The second-order valence-electron chi connectivity index (χ2n) is 8.10. The van der Waals surface area contributed by atoms with Crippen molar-refractivity contribution in [1.82, 2.24) is 4.98 Å². The molecule has 0 bridgehead atoms. The topological polar surface area (TPSA) is 65.2 Å². The molecule has 0 aliphatic carbocycles. The molecule has 7 heteroatoms. The highest BCUT2D eigenvalue weighted by Gasteiger charge is 2.31. The lowest BCUT2D eigenvalue weighted by atomic mass is 9.84. The molecular formula is C24H26F2N2O2S. The van der Waals surface area contributed by atoms with Gasteiger partial charge in [0.25, 0.3) is 0 Å². The Morgan fingerprint density at radius 3 is 2.32 bits per heavy atom. The van der Waals surface area contributed by atoms with E-state index in [9.17, 15) is 13.0 Å². The molecule has 3 aromatic rings. The van der Waals surface area contributed by atoms with E-state index in [0.717, 1.165) is 28.6 Å². The first-order valence-electron chi connectivity index (χ1n) is 9.90. The summed E-state index contributed by atoms with van der Waals surface area (Å²) in [4.78, 5) is 4.62. The summed E-state index contributed by atoms with van der Waals surface area (Å²) in [7, 11) is 0.0199. The number of rotatable bonds is 8. The Morgan fingerprint density at radius 2 is 1.74 bits per heavy atom. The molecule has 0 spiro atoms. The van der Waals surface area contributed by atoms with Crippen LogP contribution in [-0.4, -0.2) is 21.0 Å². The van der Waals surface area contributed by atoms with Crippen molar-refractivity contribution in [3.63, 3.8) is 0 Å². The average molecular weight is 445 g/mol. The molecule has 1 unspecified atom stereocenters. The third kappa shape index (κ3) is 5.74. The first-order valence-corrected chi connectivity index (χ1v) is 11.1. The highest BCUT2D eigenvalue weighted by atomic mass is 32.2. The van der Waals surface area contributed by atoms with Gasteiger partial charge in [-0.25, -0.2) is 13.0 Å². The molecule has 1 heterocycles. The quantitative estimate of drug-likeness (QED) is 0.522. The van der Waals surface area contributed by atoms with Crippen LogP contribution in [0.1, 0.15) is 37.4 Å². The number of ether oxygens (including phenoxy) is 1. The van der Waals surface area contributed by atoms with E-state index in [1.165, 1.54) is 12.1 Å². The van der Waals surface area contributed by atoms with Gasteiger partial charge in [0.2, 0.25) is 0 Å². The highest BCUT2D eigenvalue weighted by Crippen LogP contribution is 2.36. The standard InChI is InChI=1S/C24H26F2N2O2S/c1-24(2,31(27)29)15-18(11-16-12-19(25)14-20(26)13-16)23-22(5-4-10-28-23)17-6-8-21(30-3)9-7-17/h4-10,12-14,18H,11,15,27H2,1-3H3/t18-,31?/m0/s1. The number of hydrogen-bond donors (Lipinski definition) is 1. The van der Waals surface area contributed by atoms with Gasteiger partial charge in [-0.05, 0) is 68.1 Å². The van der Waals surface area contributed by atoms with Crippen LogP contribution in [0, 0.1) is 11.6 Å². The molecule has 4 nitrogen and oxygen atoms in total. The first-order chi connectivity index (χ1) is 14.7. The van der Waals surface area contributed by atoms with Gasteiger partial charge < -0.3 is 4.74 Å². The predicted octanol–water partition coefficient (Wildman–Crippen LogP) is 5.15. The predicted molar refractivity (Wildman–Crippen MR) is 120 cm³/mol. The number of hydrogen-bond acceptors (Lipinski definition) is 3. The summed E-state index contributed by atoms with van der Waals surface area (Å²) in [5.41, 5.74) is 3.10. The molecule has 31 heavy (non-hydrogen) atoms. The summed E-state index contributed by atoms with van der Waals surface area (Å²) in [5.74, 6) is -0.790. The molecule has 0 saturated carbocycles. The Balaban J connectivity index is 2.07. The molecule has 2 atom stereocenters.